The summed E-state index contributed by atoms with van der Waals surface area (Å²) >= 11 is 0. The first-order valence-electron chi connectivity index (χ1n) is 8.79. The van der Waals surface area contributed by atoms with E-state index in [1.54, 1.807) is 12.1 Å². The Morgan fingerprint density at radius 2 is 1.71 bits per heavy atom. The van der Waals surface area contributed by atoms with E-state index in [-0.39, 0.29) is 29.9 Å². The molecule has 0 bridgehead atoms. The van der Waals surface area contributed by atoms with Crippen LogP contribution in [-0.4, -0.2) is 16.8 Å². The molecule has 0 saturated heterocycles. The molecule has 1 heterocycles. The summed E-state index contributed by atoms with van der Waals surface area (Å²) in [5.74, 6) is -1.06. The summed E-state index contributed by atoms with van der Waals surface area (Å²) in [5, 5.41) is 5.56. The molecule has 1 aromatic heterocycles. The minimum absolute atomic E-state index is 0.148. The van der Waals surface area contributed by atoms with Gasteiger partial charge in [0.1, 0.15) is 11.5 Å². The lowest BCUT2D eigenvalue weighted by molar-refractivity contribution is 0.0951. The average molecular weight is 377 g/mol. The van der Waals surface area contributed by atoms with E-state index in [1.807, 2.05) is 32.0 Å². The molecule has 0 saturated carbocycles. The van der Waals surface area contributed by atoms with Crippen LogP contribution in [0.1, 0.15) is 37.5 Å². The number of halogens is 1. The third-order valence-electron chi connectivity index (χ3n) is 4.25. The lowest BCUT2D eigenvalue weighted by Gasteiger charge is -2.10. The summed E-state index contributed by atoms with van der Waals surface area (Å²) in [6, 6.07) is 14.6. The Labute approximate surface area is 162 Å². The Morgan fingerprint density at radius 1 is 0.964 bits per heavy atom. The third kappa shape index (κ3) is 4.79. The van der Waals surface area contributed by atoms with E-state index in [2.05, 4.69) is 15.6 Å². The van der Waals surface area contributed by atoms with E-state index < -0.39 is 0 Å². The smallest absolute Gasteiger partial charge is 0.274 e. The van der Waals surface area contributed by atoms with Crippen molar-refractivity contribution in [2.45, 2.75) is 20.4 Å². The van der Waals surface area contributed by atoms with Gasteiger partial charge in [-0.05, 0) is 55.3 Å². The SMILES string of the molecule is Cc1ccc(NC(=O)c2cc(C(=O)NCc3ccc(F)cc3)ccn2)c(C)c1. The average Bonchev–Trinajstić information content (AvgIpc) is 2.69. The zero-order chi connectivity index (χ0) is 20.1. The van der Waals surface area contributed by atoms with Crippen LogP contribution in [0.25, 0.3) is 0 Å². The number of rotatable bonds is 5. The number of pyridine rings is 1. The Bertz CT molecular complexity index is 1020. The van der Waals surface area contributed by atoms with Gasteiger partial charge in [-0.3, -0.25) is 14.6 Å². The molecule has 6 heteroatoms. The summed E-state index contributed by atoms with van der Waals surface area (Å²) < 4.78 is 12.9. The molecule has 0 unspecified atom stereocenters. The maximum atomic E-state index is 12.9. The van der Waals surface area contributed by atoms with E-state index >= 15 is 0 Å². The number of carbonyl (C=O) groups excluding carboxylic acids is 2. The first-order valence-corrected chi connectivity index (χ1v) is 8.79. The predicted molar refractivity (Wildman–Crippen MR) is 106 cm³/mol. The second kappa shape index (κ2) is 8.43. The molecule has 5 nitrogen and oxygen atoms in total. The Kier molecular flexibility index (Phi) is 5.79. The molecule has 0 aliphatic carbocycles. The van der Waals surface area contributed by atoms with Crippen molar-refractivity contribution in [1.82, 2.24) is 10.3 Å². The minimum Gasteiger partial charge on any atom is -0.348 e. The van der Waals surface area contributed by atoms with Gasteiger partial charge in [0.2, 0.25) is 0 Å². The predicted octanol–water partition coefficient (Wildman–Crippen LogP) is 4.02. The van der Waals surface area contributed by atoms with Gasteiger partial charge >= 0.3 is 0 Å². The maximum Gasteiger partial charge on any atom is 0.274 e. The van der Waals surface area contributed by atoms with E-state index in [9.17, 15) is 14.0 Å². The summed E-state index contributed by atoms with van der Waals surface area (Å²) in [6.45, 7) is 4.15. The molecule has 0 radical (unpaired) electrons. The quantitative estimate of drug-likeness (QED) is 0.705. The molecule has 142 valence electrons. The van der Waals surface area contributed by atoms with E-state index in [0.717, 1.165) is 16.7 Å². The Balaban J connectivity index is 1.67. The van der Waals surface area contributed by atoms with Gasteiger partial charge < -0.3 is 10.6 Å². The molecule has 2 amide bonds. The Morgan fingerprint density at radius 3 is 2.43 bits per heavy atom. The van der Waals surface area contributed by atoms with E-state index in [4.69, 9.17) is 0 Å². The van der Waals surface area contributed by atoms with Crippen molar-refractivity contribution >= 4 is 17.5 Å². The van der Waals surface area contributed by atoms with Crippen LogP contribution in [0.4, 0.5) is 10.1 Å². The number of nitrogens with one attached hydrogen (secondary N) is 2. The summed E-state index contributed by atoms with van der Waals surface area (Å²) in [6.07, 6.45) is 1.42. The van der Waals surface area contributed by atoms with Gasteiger partial charge in [-0.1, -0.05) is 29.8 Å². The number of nitrogens with zero attached hydrogens (tertiary/aromatic N) is 1. The molecule has 2 N–H and O–H groups in total. The molecule has 0 aliphatic rings. The topological polar surface area (TPSA) is 71.1 Å². The summed E-state index contributed by atoms with van der Waals surface area (Å²) in [7, 11) is 0. The van der Waals surface area contributed by atoms with Crippen molar-refractivity contribution in [3.8, 4) is 0 Å². The maximum absolute atomic E-state index is 12.9. The molecule has 3 aromatic rings. The summed E-state index contributed by atoms with van der Waals surface area (Å²) in [4.78, 5) is 28.9. The number of amides is 2. The van der Waals surface area contributed by atoms with Crippen molar-refractivity contribution in [2.24, 2.45) is 0 Å². The van der Waals surface area contributed by atoms with Gasteiger partial charge in [0.05, 0.1) is 0 Å². The fourth-order valence-electron chi connectivity index (χ4n) is 2.72. The van der Waals surface area contributed by atoms with Crippen LogP contribution in [0, 0.1) is 19.7 Å². The van der Waals surface area contributed by atoms with Crippen LogP contribution in [0.15, 0.2) is 60.8 Å². The highest BCUT2D eigenvalue weighted by Gasteiger charge is 2.13. The van der Waals surface area contributed by atoms with Crippen LogP contribution in [0.5, 0.6) is 0 Å². The van der Waals surface area contributed by atoms with Crippen LogP contribution < -0.4 is 10.6 Å². The van der Waals surface area contributed by atoms with Crippen LogP contribution >= 0.6 is 0 Å². The van der Waals surface area contributed by atoms with Crippen molar-refractivity contribution < 1.29 is 14.0 Å². The van der Waals surface area contributed by atoms with Gasteiger partial charge in [-0.25, -0.2) is 4.39 Å². The number of anilines is 1. The third-order valence-corrected chi connectivity index (χ3v) is 4.25. The number of aryl methyl sites for hydroxylation is 2. The lowest BCUT2D eigenvalue weighted by Crippen LogP contribution is -2.23. The molecular weight excluding hydrogens is 357 g/mol. The normalized spacial score (nSPS) is 10.4. The van der Waals surface area contributed by atoms with E-state index in [1.165, 1.54) is 30.5 Å². The number of hydrogen-bond acceptors (Lipinski definition) is 3. The highest BCUT2D eigenvalue weighted by Crippen LogP contribution is 2.17. The van der Waals surface area contributed by atoms with Crippen LogP contribution in [-0.2, 0) is 6.54 Å². The molecule has 3 rings (SSSR count). The Hall–Kier alpha value is -3.54. The second-order valence-corrected chi connectivity index (χ2v) is 6.51. The summed E-state index contributed by atoms with van der Waals surface area (Å²) in [5.41, 5.74) is 3.99. The molecular formula is C22H20FN3O2. The first-order chi connectivity index (χ1) is 13.4. The van der Waals surface area contributed by atoms with Crippen molar-refractivity contribution in [3.63, 3.8) is 0 Å². The molecule has 0 aliphatic heterocycles. The molecule has 0 fully saturated rings. The van der Waals surface area contributed by atoms with Crippen LogP contribution in [0.2, 0.25) is 0 Å². The largest absolute Gasteiger partial charge is 0.348 e. The molecule has 0 atom stereocenters. The second-order valence-electron chi connectivity index (χ2n) is 6.51. The number of hydrogen-bond donors (Lipinski definition) is 2. The standard InChI is InChI=1S/C22H20FN3O2/c1-14-3-8-19(15(2)11-14)26-22(28)20-12-17(9-10-24-20)21(27)25-13-16-4-6-18(23)7-5-16/h3-12H,13H2,1-2H3,(H,25,27)(H,26,28). The highest BCUT2D eigenvalue weighted by atomic mass is 19.1. The molecule has 0 spiro atoms. The van der Waals surface area contributed by atoms with Gasteiger partial charge in [0.25, 0.3) is 11.8 Å². The zero-order valence-electron chi connectivity index (χ0n) is 15.6. The number of aromatic nitrogens is 1. The fraction of sp³-hybridized carbons (Fsp3) is 0.136. The minimum atomic E-state index is -0.389. The zero-order valence-corrected chi connectivity index (χ0v) is 15.6. The first kappa shape index (κ1) is 19.2. The van der Waals surface area contributed by atoms with Gasteiger partial charge in [-0.2, -0.15) is 0 Å². The van der Waals surface area contributed by atoms with Crippen molar-refractivity contribution in [3.05, 3.63) is 94.6 Å². The van der Waals surface area contributed by atoms with Gasteiger partial charge in [0, 0.05) is 24.0 Å². The van der Waals surface area contributed by atoms with E-state index in [0.29, 0.717) is 11.3 Å². The van der Waals surface area contributed by atoms with Crippen LogP contribution in [0.3, 0.4) is 0 Å². The highest BCUT2D eigenvalue weighted by molar-refractivity contribution is 6.05. The number of benzene rings is 2. The molecule has 2 aromatic carbocycles. The van der Waals surface area contributed by atoms with Gasteiger partial charge in [0.15, 0.2) is 0 Å². The van der Waals surface area contributed by atoms with Crippen molar-refractivity contribution in [2.75, 3.05) is 5.32 Å². The van der Waals surface area contributed by atoms with Gasteiger partial charge in [-0.15, -0.1) is 0 Å². The molecule has 28 heavy (non-hydrogen) atoms. The monoisotopic (exact) mass is 377 g/mol. The lowest BCUT2D eigenvalue weighted by atomic mass is 10.1. The van der Waals surface area contributed by atoms with Crippen molar-refractivity contribution in [1.29, 1.82) is 0 Å². The fourth-order valence-corrected chi connectivity index (χ4v) is 2.72. The number of carbonyl (C=O) groups is 2.